The number of rotatable bonds is 8. The maximum Gasteiger partial charge on any atom is 0.257 e. The summed E-state index contributed by atoms with van der Waals surface area (Å²) in [6.07, 6.45) is 0. The van der Waals surface area contributed by atoms with Crippen LogP contribution in [-0.2, 0) is 9.59 Å². The minimum atomic E-state index is -0.323. The lowest BCUT2D eigenvalue weighted by Gasteiger charge is -2.17. The van der Waals surface area contributed by atoms with Crippen molar-refractivity contribution in [1.29, 1.82) is 0 Å². The van der Waals surface area contributed by atoms with Crippen molar-refractivity contribution in [3.8, 4) is 0 Å². The first-order valence-electron chi connectivity index (χ1n) is 10.6. The van der Waals surface area contributed by atoms with Crippen molar-refractivity contribution in [1.82, 2.24) is 4.90 Å². The van der Waals surface area contributed by atoms with E-state index in [1.165, 1.54) is 0 Å². The predicted molar refractivity (Wildman–Crippen MR) is 132 cm³/mol. The highest BCUT2D eigenvalue weighted by atomic mass is 16.2. The van der Waals surface area contributed by atoms with Crippen molar-refractivity contribution in [3.05, 3.63) is 89.5 Å². The Hall–Kier alpha value is -3.97. The fraction of sp³-hybridized carbons (Fsp3) is 0.192. The molecule has 3 rings (SSSR count). The number of anilines is 3. The molecule has 3 amide bonds. The molecule has 0 unspecified atom stereocenters. The summed E-state index contributed by atoms with van der Waals surface area (Å²) < 4.78 is 0. The van der Waals surface area contributed by atoms with Crippen molar-refractivity contribution >= 4 is 34.8 Å². The van der Waals surface area contributed by atoms with E-state index in [1.807, 2.05) is 62.4 Å². The Morgan fingerprint density at radius 1 is 0.697 bits per heavy atom. The molecule has 0 aromatic heterocycles. The molecule has 170 valence electrons. The molecule has 3 N–H and O–H groups in total. The van der Waals surface area contributed by atoms with Crippen molar-refractivity contribution in [3.63, 3.8) is 0 Å². The number of likely N-dealkylation sites (N-methyl/N-ethyl adjacent to an activating group) is 1. The molecule has 0 aliphatic rings. The number of hydrogen-bond acceptors (Lipinski definition) is 4. The molecule has 0 atom stereocenters. The zero-order valence-corrected chi connectivity index (χ0v) is 19.0. The predicted octanol–water partition coefficient (Wildman–Crippen LogP) is 4.06. The summed E-state index contributed by atoms with van der Waals surface area (Å²) in [5.41, 5.74) is 4.29. The van der Waals surface area contributed by atoms with Crippen LogP contribution in [0.15, 0.2) is 72.8 Å². The molecule has 33 heavy (non-hydrogen) atoms. The summed E-state index contributed by atoms with van der Waals surface area (Å²) in [4.78, 5) is 39.2. The molecule has 0 saturated heterocycles. The summed E-state index contributed by atoms with van der Waals surface area (Å²) in [5.74, 6) is -0.856. The summed E-state index contributed by atoms with van der Waals surface area (Å²) in [6.45, 7) is 3.97. The highest BCUT2D eigenvalue weighted by Gasteiger charge is 2.16. The monoisotopic (exact) mass is 444 g/mol. The average molecular weight is 445 g/mol. The van der Waals surface area contributed by atoms with Gasteiger partial charge in [-0.3, -0.25) is 19.3 Å². The lowest BCUT2D eigenvalue weighted by atomic mass is 10.1. The molecule has 7 nitrogen and oxygen atoms in total. The van der Waals surface area contributed by atoms with Crippen LogP contribution >= 0.6 is 0 Å². The standard InChI is InChI=1S/C26H28N4O3/c1-18-11-13-20(14-12-18)27-24(31)16-30(3)17-25(32)29-23-10-5-4-9-22(23)26(33)28-21-8-6-7-19(2)15-21/h4-15H,16-17H2,1-3H3,(H,27,31)(H,28,33)(H,29,32). The van der Waals surface area contributed by atoms with Gasteiger partial charge in [0.25, 0.3) is 5.91 Å². The smallest absolute Gasteiger partial charge is 0.257 e. The Morgan fingerprint density at radius 2 is 1.36 bits per heavy atom. The van der Waals surface area contributed by atoms with E-state index in [0.717, 1.165) is 11.1 Å². The molecule has 0 heterocycles. The van der Waals surface area contributed by atoms with Crippen LogP contribution in [0, 0.1) is 13.8 Å². The summed E-state index contributed by atoms with van der Waals surface area (Å²) in [5, 5.41) is 8.44. The van der Waals surface area contributed by atoms with Crippen LogP contribution in [0.2, 0.25) is 0 Å². The van der Waals surface area contributed by atoms with Crippen LogP contribution in [0.1, 0.15) is 21.5 Å². The maximum atomic E-state index is 12.8. The van der Waals surface area contributed by atoms with Gasteiger partial charge in [0.1, 0.15) is 0 Å². The minimum Gasteiger partial charge on any atom is -0.325 e. The van der Waals surface area contributed by atoms with E-state index in [4.69, 9.17) is 0 Å². The second-order valence-electron chi connectivity index (χ2n) is 8.00. The number of nitrogens with zero attached hydrogens (tertiary/aromatic N) is 1. The molecule has 0 fully saturated rings. The van der Waals surface area contributed by atoms with E-state index in [-0.39, 0.29) is 30.8 Å². The van der Waals surface area contributed by atoms with Gasteiger partial charge in [0, 0.05) is 11.4 Å². The van der Waals surface area contributed by atoms with E-state index in [1.54, 1.807) is 36.2 Å². The molecule has 0 spiro atoms. The van der Waals surface area contributed by atoms with Crippen LogP contribution in [0.25, 0.3) is 0 Å². The minimum absolute atomic E-state index is 0.00481. The lowest BCUT2D eigenvalue weighted by Crippen LogP contribution is -2.36. The van der Waals surface area contributed by atoms with E-state index in [0.29, 0.717) is 22.6 Å². The van der Waals surface area contributed by atoms with Crippen LogP contribution in [-0.4, -0.2) is 42.8 Å². The number of carbonyl (C=O) groups is 3. The quantitative estimate of drug-likeness (QED) is 0.489. The van der Waals surface area contributed by atoms with Crippen molar-refractivity contribution in [2.24, 2.45) is 0 Å². The maximum absolute atomic E-state index is 12.8. The third kappa shape index (κ3) is 7.29. The number of hydrogen-bond donors (Lipinski definition) is 3. The molecule has 3 aromatic carbocycles. The molecule has 0 aliphatic carbocycles. The summed E-state index contributed by atoms with van der Waals surface area (Å²) >= 11 is 0. The second-order valence-corrected chi connectivity index (χ2v) is 8.00. The topological polar surface area (TPSA) is 90.5 Å². The van der Waals surface area contributed by atoms with Gasteiger partial charge in [0.15, 0.2) is 0 Å². The highest BCUT2D eigenvalue weighted by molar-refractivity contribution is 6.10. The fourth-order valence-corrected chi connectivity index (χ4v) is 3.28. The Balaban J connectivity index is 1.56. The van der Waals surface area contributed by atoms with E-state index in [9.17, 15) is 14.4 Å². The highest BCUT2D eigenvalue weighted by Crippen LogP contribution is 2.18. The number of aryl methyl sites for hydroxylation is 2. The van der Waals surface area contributed by atoms with Crippen LogP contribution in [0.3, 0.4) is 0 Å². The van der Waals surface area contributed by atoms with Crippen LogP contribution in [0.4, 0.5) is 17.1 Å². The Kier molecular flexibility index (Phi) is 7.94. The van der Waals surface area contributed by atoms with Crippen molar-refractivity contribution in [2.75, 3.05) is 36.1 Å². The van der Waals surface area contributed by atoms with Gasteiger partial charge >= 0.3 is 0 Å². The second kappa shape index (κ2) is 11.1. The Morgan fingerprint density at radius 3 is 2.06 bits per heavy atom. The largest absolute Gasteiger partial charge is 0.325 e. The number of benzene rings is 3. The first-order chi connectivity index (χ1) is 15.8. The van der Waals surface area contributed by atoms with Gasteiger partial charge in [-0.1, -0.05) is 42.0 Å². The summed E-state index contributed by atoms with van der Waals surface area (Å²) in [6, 6.07) is 21.8. The third-order valence-corrected chi connectivity index (χ3v) is 4.88. The number of carbonyl (C=O) groups excluding carboxylic acids is 3. The van der Waals surface area contributed by atoms with Gasteiger partial charge in [0.2, 0.25) is 11.8 Å². The van der Waals surface area contributed by atoms with Gasteiger partial charge in [-0.15, -0.1) is 0 Å². The molecule has 7 heteroatoms. The number of para-hydroxylation sites is 1. The summed E-state index contributed by atoms with van der Waals surface area (Å²) in [7, 11) is 1.69. The first kappa shape index (κ1) is 23.7. The molecular formula is C26H28N4O3. The lowest BCUT2D eigenvalue weighted by molar-refractivity contribution is -0.119. The third-order valence-electron chi connectivity index (χ3n) is 4.88. The van der Waals surface area contributed by atoms with Crippen LogP contribution < -0.4 is 16.0 Å². The molecule has 0 aliphatic heterocycles. The van der Waals surface area contributed by atoms with E-state index < -0.39 is 0 Å². The molecule has 3 aromatic rings. The normalized spacial score (nSPS) is 10.5. The first-order valence-corrected chi connectivity index (χ1v) is 10.6. The van der Waals surface area contributed by atoms with Gasteiger partial charge in [-0.25, -0.2) is 0 Å². The van der Waals surface area contributed by atoms with Crippen LogP contribution in [0.5, 0.6) is 0 Å². The zero-order valence-electron chi connectivity index (χ0n) is 19.0. The van der Waals surface area contributed by atoms with Crippen molar-refractivity contribution < 1.29 is 14.4 Å². The molecule has 0 radical (unpaired) electrons. The van der Waals surface area contributed by atoms with E-state index >= 15 is 0 Å². The molecule has 0 saturated carbocycles. The SMILES string of the molecule is Cc1ccc(NC(=O)CN(C)CC(=O)Nc2ccccc2C(=O)Nc2cccc(C)c2)cc1. The van der Waals surface area contributed by atoms with Gasteiger partial charge in [-0.2, -0.15) is 0 Å². The van der Waals surface area contributed by atoms with Crippen molar-refractivity contribution in [2.45, 2.75) is 13.8 Å². The molecule has 0 bridgehead atoms. The molecular weight excluding hydrogens is 416 g/mol. The Labute approximate surface area is 193 Å². The average Bonchev–Trinajstić information content (AvgIpc) is 2.75. The van der Waals surface area contributed by atoms with Gasteiger partial charge in [0.05, 0.1) is 24.3 Å². The number of amides is 3. The number of nitrogens with one attached hydrogen (secondary N) is 3. The Bertz CT molecular complexity index is 1140. The zero-order chi connectivity index (χ0) is 23.8. The fourth-order valence-electron chi connectivity index (χ4n) is 3.28. The van der Waals surface area contributed by atoms with E-state index in [2.05, 4.69) is 16.0 Å². The van der Waals surface area contributed by atoms with Gasteiger partial charge in [-0.05, 0) is 62.9 Å². The van der Waals surface area contributed by atoms with Gasteiger partial charge < -0.3 is 16.0 Å².